The number of aromatic nitrogens is 1. The van der Waals surface area contributed by atoms with Gasteiger partial charge in [0.15, 0.2) is 8.07 Å². The maximum Gasteiger partial charge on any atom is 0.434 e. The van der Waals surface area contributed by atoms with Crippen molar-refractivity contribution in [2.75, 3.05) is 0 Å². The van der Waals surface area contributed by atoms with Crippen LogP contribution in [0.5, 0.6) is 17.2 Å². The van der Waals surface area contributed by atoms with Crippen LogP contribution < -0.4 is 41.1 Å². The van der Waals surface area contributed by atoms with E-state index in [1.54, 1.807) is 0 Å². The highest BCUT2D eigenvalue weighted by Gasteiger charge is 2.44. The van der Waals surface area contributed by atoms with E-state index in [1.807, 2.05) is 0 Å². The summed E-state index contributed by atoms with van der Waals surface area (Å²) >= 11 is 0. The minimum absolute atomic E-state index is 0.559. The molecule has 0 unspecified atom stereocenters. The van der Waals surface area contributed by atoms with Crippen molar-refractivity contribution >= 4 is 68.5 Å². The fourth-order valence-corrected chi connectivity index (χ4v) is 11.3. The predicted octanol–water partition coefficient (Wildman–Crippen LogP) is 9.10. The van der Waals surface area contributed by atoms with E-state index in [0.717, 1.165) is 4.57 Å². The lowest BCUT2D eigenvalue weighted by Crippen LogP contribution is -2.75. The second kappa shape index (κ2) is 13.4. The van der Waals surface area contributed by atoms with E-state index in [9.17, 15) is 24.7 Å². The first-order valence-corrected chi connectivity index (χ1v) is 19.3. The first-order chi connectivity index (χ1) is 44.2. The fourth-order valence-electron chi connectivity index (χ4n) is 7.47. The Balaban J connectivity index is 1.32. The second-order valence-corrected chi connectivity index (χ2v) is 16.3. The topological polar surface area (TPSA) is 23.4 Å². The molecular weight excluding hydrogens is 733 g/mol. The van der Waals surface area contributed by atoms with Crippen molar-refractivity contribution in [3.8, 4) is 45.2 Å². The van der Waals surface area contributed by atoms with Gasteiger partial charge in [-0.1, -0.05) is 181 Å². The van der Waals surface area contributed by atoms with Gasteiger partial charge < -0.3 is 14.0 Å². The SMILES string of the molecule is [2H]c1c([2H])c([2H])c([Si](c2c([2H])c([2H])c([2H])c([2H])c2[2H])(c2c([2H])c([2H])c([2H])c([2H])c2[2H])c2c([2H])c([2H])c([2H])c([2H])c2-c2c([2H])c([2H])c3c(c2[2H])Oc2c([2H])c(-n4c5c([2H])c([2H])c([2H])c([2H])c5c5c([2H])c([2H])c([2H])c([2H])c54)c([2H])c4c2B3Oc2c([2H])c([2H])c([2H])c([2H])c2-4)c([2H])c1[2H]. The molecule has 1 aromatic heterocycles. The molecule has 3 heterocycles. The van der Waals surface area contributed by atoms with Crippen LogP contribution in [0.25, 0.3) is 49.7 Å². The van der Waals surface area contributed by atoms with Crippen LogP contribution in [0.15, 0.2) is 218 Å². The summed E-state index contributed by atoms with van der Waals surface area (Å²) in [7, 11) is -6.68. The van der Waals surface area contributed by atoms with E-state index in [4.69, 9.17) is 34.1 Å². The molecule has 3 nitrogen and oxygen atoms in total. The molecule has 0 radical (unpaired) electrons. The Bertz CT molecular complexity index is 5030. The maximum absolute atomic E-state index is 10.3. The van der Waals surface area contributed by atoms with Crippen molar-refractivity contribution in [2.45, 2.75) is 0 Å². The maximum atomic E-state index is 10.3. The van der Waals surface area contributed by atoms with Gasteiger partial charge in [-0.2, -0.15) is 0 Å². The Morgan fingerprint density at radius 1 is 0.441 bits per heavy atom. The van der Waals surface area contributed by atoms with Gasteiger partial charge in [0.05, 0.1) is 66.1 Å². The van der Waals surface area contributed by atoms with Gasteiger partial charge in [-0.25, -0.2) is 0 Å². The Hall–Kier alpha value is -7.34. The highest BCUT2D eigenvalue weighted by Crippen LogP contribution is 2.42. The average Bonchev–Trinajstić information content (AvgIpc) is 1.57. The van der Waals surface area contributed by atoms with Gasteiger partial charge in [0, 0.05) is 33.3 Å². The highest BCUT2D eigenvalue weighted by atomic mass is 28.3. The number of hydrogen-bond donors (Lipinski definition) is 0. The molecule has 12 rings (SSSR count). The molecule has 276 valence electrons. The smallest absolute Gasteiger partial charge is 0.434 e. The summed E-state index contributed by atoms with van der Waals surface area (Å²) < 4.78 is 348. The normalized spacial score (nSPS) is 21.2. The summed E-state index contributed by atoms with van der Waals surface area (Å²) in [5.41, 5.74) is -7.35. The molecule has 0 atom stereocenters. The van der Waals surface area contributed by atoms with Crippen LogP contribution in [0.1, 0.15) is 49.3 Å². The predicted molar refractivity (Wildman–Crippen MR) is 247 cm³/mol. The third-order valence-corrected chi connectivity index (χ3v) is 14.0. The third-order valence-electron chi connectivity index (χ3n) is 9.86. The van der Waals surface area contributed by atoms with Crippen LogP contribution in [0.3, 0.4) is 0 Å². The Labute approximate surface area is 395 Å². The molecule has 59 heavy (non-hydrogen) atoms. The lowest BCUT2D eigenvalue weighted by molar-refractivity contribution is 0.479. The lowest BCUT2D eigenvalue weighted by atomic mass is 9.50. The summed E-state index contributed by atoms with van der Waals surface area (Å²) in [6, 6.07) is -41.9. The molecule has 0 amide bonds. The quantitative estimate of drug-likeness (QED) is 0.124. The van der Waals surface area contributed by atoms with Gasteiger partial charge in [-0.15, -0.1) is 0 Å². The molecular formula is C54H36BNO2Si. The van der Waals surface area contributed by atoms with Crippen molar-refractivity contribution in [3.63, 3.8) is 0 Å². The van der Waals surface area contributed by atoms with E-state index in [0.29, 0.717) is 0 Å². The van der Waals surface area contributed by atoms with Crippen molar-refractivity contribution in [1.82, 2.24) is 4.57 Å². The van der Waals surface area contributed by atoms with Gasteiger partial charge in [0.25, 0.3) is 0 Å². The van der Waals surface area contributed by atoms with Crippen molar-refractivity contribution < 1.29 is 58.7 Å². The van der Waals surface area contributed by atoms with Crippen LogP contribution in [0.4, 0.5) is 0 Å². The van der Waals surface area contributed by atoms with E-state index in [1.165, 1.54) is 0 Å². The van der Waals surface area contributed by atoms with Crippen molar-refractivity contribution in [2.24, 2.45) is 0 Å². The zero-order chi connectivity index (χ0) is 70.2. The van der Waals surface area contributed by atoms with E-state index in [2.05, 4.69) is 0 Å². The van der Waals surface area contributed by atoms with Crippen LogP contribution in [0, 0.1) is 0 Å². The Morgan fingerprint density at radius 3 is 1.63 bits per heavy atom. The summed E-state index contributed by atoms with van der Waals surface area (Å²) in [5, 5.41) is -6.21. The molecule has 0 saturated carbocycles. The second-order valence-electron chi connectivity index (χ2n) is 12.8. The van der Waals surface area contributed by atoms with Crippen LogP contribution >= 0.6 is 0 Å². The number of para-hydroxylation sites is 3. The van der Waals surface area contributed by atoms with E-state index in [-0.39, 0.29) is 0 Å². The number of rotatable bonds is 6. The molecule has 0 bridgehead atoms. The van der Waals surface area contributed by atoms with Crippen molar-refractivity contribution in [3.05, 3.63) is 218 Å². The molecule has 0 saturated heterocycles. The van der Waals surface area contributed by atoms with Crippen LogP contribution in [-0.2, 0) is 0 Å². The molecule has 10 aromatic rings. The fraction of sp³-hybridized carbons (Fsp3) is 0. The standard InChI is InChI=1S/C54H36BNO2Si/c1-4-18-39(19-5-1)59(40-20-6-2-7-21-40,41-22-8-3-9-23-41)53-31-17-13-24-42(53)37-32-33-47-51(34-37)57-52-36-38(35-46-45-27-12-16-30-50(45)58-55(47)54(46)52)56-48-28-14-10-25-43(48)44-26-11-15-29-49(44)56/h1-36H/i1D,2D,3D,4D,5D,6D,7D,8D,9D,10D,11D,12D,13D,14D,15D,16D,17D,18D,19D,20D,21D,22D,23D,24D,25D,26D,27D,28D,29D,30D,31D,32D,33D,34D,35D,36D. The molecule has 0 spiro atoms. The van der Waals surface area contributed by atoms with Crippen molar-refractivity contribution in [1.29, 1.82) is 0 Å². The molecule has 0 N–H and O–H groups in total. The zero-order valence-corrected chi connectivity index (χ0v) is 30.3. The van der Waals surface area contributed by atoms with Gasteiger partial charge in [0.1, 0.15) is 17.2 Å². The van der Waals surface area contributed by atoms with E-state index < -0.39 is 331 Å². The third kappa shape index (κ3) is 5.08. The lowest BCUT2D eigenvalue weighted by Gasteiger charge is -2.36. The Kier molecular flexibility index (Phi) is 3.09. The number of nitrogens with zero attached hydrogens (tertiary/aromatic N) is 1. The number of benzene rings is 9. The number of ether oxygens (including phenoxy) is 1. The number of hydrogen-bond acceptors (Lipinski definition) is 2. The first kappa shape index (κ1) is 13.6. The monoisotopic (exact) mass is 805 g/mol. The molecule has 0 aliphatic carbocycles. The summed E-state index contributed by atoms with van der Waals surface area (Å²) in [5.74, 6) is -2.77. The first-order valence-electron chi connectivity index (χ1n) is 35.3. The molecule has 9 aromatic carbocycles. The molecule has 2 aliphatic rings. The molecule has 2 aliphatic heterocycles. The van der Waals surface area contributed by atoms with Gasteiger partial charge in [-0.05, 0) is 67.6 Å². The molecule has 0 fully saturated rings. The molecule has 5 heteroatoms. The zero-order valence-electron chi connectivity index (χ0n) is 65.3. The summed E-state index contributed by atoms with van der Waals surface area (Å²) in [6.45, 7) is -2.17. The Morgan fingerprint density at radius 2 is 0.983 bits per heavy atom. The van der Waals surface area contributed by atoms with Gasteiger partial charge >= 0.3 is 6.92 Å². The van der Waals surface area contributed by atoms with Gasteiger partial charge in [-0.3, -0.25) is 0 Å². The van der Waals surface area contributed by atoms with E-state index >= 15 is 0 Å². The minimum Gasteiger partial charge on any atom is -0.551 e. The highest BCUT2D eigenvalue weighted by molar-refractivity contribution is 7.20. The largest absolute Gasteiger partial charge is 0.551 e. The summed E-state index contributed by atoms with van der Waals surface area (Å²) in [6.07, 6.45) is 0. The van der Waals surface area contributed by atoms with Crippen LogP contribution in [0.2, 0.25) is 0 Å². The van der Waals surface area contributed by atoms with Gasteiger partial charge in [0.2, 0.25) is 0 Å². The average molecular weight is 806 g/mol. The van der Waals surface area contributed by atoms with Crippen LogP contribution in [-0.4, -0.2) is 19.6 Å². The minimum atomic E-state index is -6.68. The summed E-state index contributed by atoms with van der Waals surface area (Å²) in [4.78, 5) is 0. The number of fused-ring (bicyclic) bond motifs is 7.